The Bertz CT molecular complexity index is 2630. The standard InChI is InChI=1S/C49H44Cl2N4O8/c1-29-30(2)52-19-18-43(29)62-38-13-8-31(9-14-38)21-41(48(57)58)54-47(56)42-22-35-23-44-45(24-36(35)26-55(42)49(59)53-25-32-6-4-3-5-7-32)63-46(28-61-44)34-11-15-37(16-12-34)60-27-33-10-17-39(50)40(51)20-33/h3-20,23-24,41-42,46H,21-22,25-28H2,1-2H3,(H,53,59)(H,54,56)(H,57,58)/t41-,42-,46+/m0/s1. The summed E-state index contributed by atoms with van der Waals surface area (Å²) in [7, 11) is 0. The van der Waals surface area contributed by atoms with Crippen LogP contribution in [0.15, 0.2) is 121 Å². The van der Waals surface area contributed by atoms with E-state index in [-0.39, 0.29) is 32.5 Å². The monoisotopic (exact) mass is 886 g/mol. The summed E-state index contributed by atoms with van der Waals surface area (Å²) in [6.45, 7) is 4.69. The molecule has 2 aliphatic heterocycles. The molecular formula is C49H44Cl2N4O8. The third-order valence-corrected chi connectivity index (χ3v) is 11.9. The second-order valence-electron chi connectivity index (χ2n) is 15.5. The topological polar surface area (TPSA) is 149 Å². The van der Waals surface area contributed by atoms with E-state index in [2.05, 4.69) is 15.6 Å². The van der Waals surface area contributed by atoms with Crippen LogP contribution in [0.3, 0.4) is 0 Å². The number of halogens is 2. The number of carboxylic acid groups (broad SMARTS) is 1. The quantitative estimate of drug-likeness (QED) is 0.103. The van der Waals surface area contributed by atoms with Crippen LogP contribution in [0.2, 0.25) is 10.0 Å². The number of hydrogen-bond acceptors (Lipinski definition) is 8. The van der Waals surface area contributed by atoms with Gasteiger partial charge in [-0.15, -0.1) is 0 Å². The van der Waals surface area contributed by atoms with Gasteiger partial charge in [-0.1, -0.05) is 83.9 Å². The van der Waals surface area contributed by atoms with Crippen LogP contribution in [0, 0.1) is 13.8 Å². The Morgan fingerprint density at radius 3 is 2.32 bits per heavy atom. The summed E-state index contributed by atoms with van der Waals surface area (Å²) in [4.78, 5) is 46.4. The Hall–Kier alpha value is -6.76. The first-order chi connectivity index (χ1) is 30.5. The number of rotatable bonds is 13. The average Bonchev–Trinajstić information content (AvgIpc) is 3.29. The number of amides is 3. The smallest absolute Gasteiger partial charge is 0.326 e. The van der Waals surface area contributed by atoms with E-state index in [1.54, 1.807) is 48.7 Å². The molecule has 3 N–H and O–H groups in total. The molecule has 0 fully saturated rings. The zero-order valence-electron chi connectivity index (χ0n) is 34.5. The fraction of sp³-hybridized carbons (Fsp3) is 0.224. The third-order valence-electron chi connectivity index (χ3n) is 11.2. The van der Waals surface area contributed by atoms with Crippen LogP contribution >= 0.6 is 23.2 Å². The number of fused-ring (bicyclic) bond motifs is 2. The Labute approximate surface area is 374 Å². The number of pyridine rings is 1. The molecule has 0 saturated heterocycles. The normalized spacial score (nSPS) is 15.7. The molecule has 3 heterocycles. The lowest BCUT2D eigenvalue weighted by molar-refractivity contribution is -0.142. The van der Waals surface area contributed by atoms with Crippen LogP contribution in [0.4, 0.5) is 4.79 Å². The highest BCUT2D eigenvalue weighted by Crippen LogP contribution is 2.41. The minimum absolute atomic E-state index is 0.00654. The number of nitrogens with one attached hydrogen (secondary N) is 2. The first-order valence-corrected chi connectivity index (χ1v) is 21.2. The van der Waals surface area contributed by atoms with Crippen LogP contribution < -0.4 is 29.6 Å². The highest BCUT2D eigenvalue weighted by atomic mass is 35.5. The largest absolute Gasteiger partial charge is 0.489 e. The fourth-order valence-electron chi connectivity index (χ4n) is 7.46. The second-order valence-corrected chi connectivity index (χ2v) is 16.3. The summed E-state index contributed by atoms with van der Waals surface area (Å²) in [5.41, 5.74) is 6.66. The van der Waals surface area contributed by atoms with Gasteiger partial charge in [0.05, 0.1) is 10.0 Å². The van der Waals surface area contributed by atoms with E-state index < -0.39 is 36.1 Å². The summed E-state index contributed by atoms with van der Waals surface area (Å²) in [5, 5.41) is 16.9. The minimum atomic E-state index is -1.27. The van der Waals surface area contributed by atoms with Crippen molar-refractivity contribution in [1.82, 2.24) is 20.5 Å². The molecule has 1 aromatic heterocycles. The molecule has 14 heteroatoms. The number of nitrogens with zero attached hydrogens (tertiary/aromatic N) is 2. The molecule has 0 bridgehead atoms. The number of aromatic nitrogens is 1. The number of carbonyl (C=O) groups is 3. The molecule has 322 valence electrons. The van der Waals surface area contributed by atoms with Gasteiger partial charge in [0.1, 0.15) is 42.5 Å². The average molecular weight is 888 g/mol. The first kappa shape index (κ1) is 42.9. The molecule has 3 atom stereocenters. The number of ether oxygens (including phenoxy) is 4. The molecule has 5 aromatic carbocycles. The van der Waals surface area contributed by atoms with E-state index in [4.69, 9.17) is 42.1 Å². The van der Waals surface area contributed by atoms with Gasteiger partial charge in [-0.2, -0.15) is 0 Å². The van der Waals surface area contributed by atoms with Crippen molar-refractivity contribution in [2.75, 3.05) is 6.61 Å². The third kappa shape index (κ3) is 10.3. The number of carbonyl (C=O) groups excluding carboxylic acids is 2. The van der Waals surface area contributed by atoms with Crippen molar-refractivity contribution in [3.8, 4) is 28.7 Å². The van der Waals surface area contributed by atoms with Gasteiger partial charge in [0, 0.05) is 43.4 Å². The molecule has 6 aromatic rings. The number of urea groups is 1. The summed E-state index contributed by atoms with van der Waals surface area (Å²) in [6, 6.07) is 32.1. The summed E-state index contributed by atoms with van der Waals surface area (Å²) in [6.07, 6.45) is 1.39. The summed E-state index contributed by atoms with van der Waals surface area (Å²) in [5.74, 6) is 1.14. The Morgan fingerprint density at radius 1 is 0.841 bits per heavy atom. The van der Waals surface area contributed by atoms with Crippen molar-refractivity contribution in [2.45, 2.75) is 64.6 Å². The van der Waals surface area contributed by atoms with Gasteiger partial charge in [0.15, 0.2) is 17.6 Å². The molecule has 2 aliphatic rings. The number of hydrogen-bond donors (Lipinski definition) is 3. The molecule has 0 spiro atoms. The predicted octanol–water partition coefficient (Wildman–Crippen LogP) is 9.34. The van der Waals surface area contributed by atoms with Crippen LogP contribution in [0.5, 0.6) is 28.7 Å². The summed E-state index contributed by atoms with van der Waals surface area (Å²) >= 11 is 12.2. The maximum absolute atomic E-state index is 14.2. The molecule has 0 saturated carbocycles. The van der Waals surface area contributed by atoms with E-state index in [9.17, 15) is 19.5 Å². The van der Waals surface area contributed by atoms with E-state index >= 15 is 0 Å². The van der Waals surface area contributed by atoms with Crippen molar-refractivity contribution < 1.29 is 38.4 Å². The van der Waals surface area contributed by atoms with Crippen LogP contribution in [-0.2, 0) is 42.1 Å². The van der Waals surface area contributed by atoms with Gasteiger partial charge in [-0.05, 0) is 102 Å². The second kappa shape index (κ2) is 19.1. The number of carboxylic acids is 1. The van der Waals surface area contributed by atoms with Crippen molar-refractivity contribution in [3.63, 3.8) is 0 Å². The zero-order chi connectivity index (χ0) is 44.0. The molecular weight excluding hydrogens is 843 g/mol. The molecule has 0 radical (unpaired) electrons. The summed E-state index contributed by atoms with van der Waals surface area (Å²) < 4.78 is 24.7. The van der Waals surface area contributed by atoms with E-state index in [1.807, 2.05) is 86.6 Å². The molecule has 12 nitrogen and oxygen atoms in total. The maximum Gasteiger partial charge on any atom is 0.326 e. The van der Waals surface area contributed by atoms with E-state index in [1.165, 1.54) is 4.90 Å². The SMILES string of the molecule is Cc1nccc(Oc2ccc(C[C@H](NC(=O)[C@@H]3Cc4cc5c(cc4CN3C(=O)NCc3ccccc3)O[C@@H](c3ccc(OCc4ccc(Cl)c(Cl)c4)cc3)CO5)C(=O)O)cc2)c1C. The highest BCUT2D eigenvalue weighted by molar-refractivity contribution is 6.42. The van der Waals surface area contributed by atoms with Crippen molar-refractivity contribution >= 4 is 41.1 Å². The van der Waals surface area contributed by atoms with Crippen molar-refractivity contribution in [3.05, 3.63) is 176 Å². The Morgan fingerprint density at radius 2 is 1.57 bits per heavy atom. The van der Waals surface area contributed by atoms with Gasteiger partial charge in [0.25, 0.3) is 0 Å². The van der Waals surface area contributed by atoms with Crippen LogP contribution in [-0.4, -0.2) is 51.6 Å². The molecule has 8 rings (SSSR count). The zero-order valence-corrected chi connectivity index (χ0v) is 36.0. The van der Waals surface area contributed by atoms with Crippen LogP contribution in [0.1, 0.15) is 50.7 Å². The van der Waals surface area contributed by atoms with E-state index in [0.29, 0.717) is 51.0 Å². The number of benzene rings is 5. The van der Waals surface area contributed by atoms with Gasteiger partial charge >= 0.3 is 12.0 Å². The highest BCUT2D eigenvalue weighted by Gasteiger charge is 2.38. The predicted molar refractivity (Wildman–Crippen MR) is 238 cm³/mol. The van der Waals surface area contributed by atoms with Crippen molar-refractivity contribution in [2.24, 2.45) is 0 Å². The Balaban J connectivity index is 0.962. The van der Waals surface area contributed by atoms with Crippen LogP contribution in [0.25, 0.3) is 0 Å². The molecule has 63 heavy (non-hydrogen) atoms. The number of aliphatic carboxylic acids is 1. The lowest BCUT2D eigenvalue weighted by Gasteiger charge is -2.37. The van der Waals surface area contributed by atoms with Gasteiger partial charge in [-0.25, -0.2) is 9.59 Å². The molecule has 0 aliphatic carbocycles. The number of aryl methyl sites for hydroxylation is 1. The maximum atomic E-state index is 14.2. The van der Waals surface area contributed by atoms with E-state index in [0.717, 1.165) is 39.1 Å². The molecule has 0 unspecified atom stereocenters. The first-order valence-electron chi connectivity index (χ1n) is 20.4. The lowest BCUT2D eigenvalue weighted by atomic mass is 9.92. The minimum Gasteiger partial charge on any atom is -0.489 e. The lowest BCUT2D eigenvalue weighted by Crippen LogP contribution is -2.57. The van der Waals surface area contributed by atoms with Crippen molar-refractivity contribution in [1.29, 1.82) is 0 Å². The van der Waals surface area contributed by atoms with Gasteiger partial charge in [-0.3, -0.25) is 9.78 Å². The fourth-order valence-corrected chi connectivity index (χ4v) is 7.79. The van der Waals surface area contributed by atoms with Gasteiger partial charge < -0.3 is 39.6 Å². The Kier molecular flexibility index (Phi) is 13.0. The van der Waals surface area contributed by atoms with Gasteiger partial charge in [0.2, 0.25) is 5.91 Å². The molecule has 3 amide bonds.